The van der Waals surface area contributed by atoms with Crippen molar-refractivity contribution in [3.8, 4) is 16.3 Å². The van der Waals surface area contributed by atoms with Crippen LogP contribution in [0, 0.1) is 10.1 Å². The van der Waals surface area contributed by atoms with Crippen LogP contribution in [0.3, 0.4) is 0 Å². The molecule has 0 aliphatic rings. The van der Waals surface area contributed by atoms with Gasteiger partial charge < -0.3 is 10.1 Å². The average Bonchev–Trinajstić information content (AvgIpc) is 2.95. The SMILES string of the molecule is CNC(C)c1nnc(-c2cccc([N+](=O)[O-])c2OC)s1. The fourth-order valence-electron chi connectivity index (χ4n) is 1.69. The van der Waals surface area contributed by atoms with E-state index in [1.54, 1.807) is 12.1 Å². The van der Waals surface area contributed by atoms with Crippen LogP contribution in [0.1, 0.15) is 18.0 Å². The lowest BCUT2D eigenvalue weighted by Gasteiger charge is -2.06. The Morgan fingerprint density at radius 2 is 2.20 bits per heavy atom. The molecule has 106 valence electrons. The number of nitro groups is 1. The predicted molar refractivity (Wildman–Crippen MR) is 76.0 cm³/mol. The summed E-state index contributed by atoms with van der Waals surface area (Å²) in [5.74, 6) is 0.206. The number of benzene rings is 1. The van der Waals surface area contributed by atoms with E-state index in [0.717, 1.165) is 5.01 Å². The van der Waals surface area contributed by atoms with Gasteiger partial charge in [-0.15, -0.1) is 10.2 Å². The first kappa shape index (κ1) is 14.4. The minimum absolute atomic E-state index is 0.0749. The van der Waals surface area contributed by atoms with Crippen LogP contribution in [0.2, 0.25) is 0 Å². The lowest BCUT2D eigenvalue weighted by molar-refractivity contribution is -0.385. The van der Waals surface area contributed by atoms with E-state index in [4.69, 9.17) is 4.74 Å². The molecule has 20 heavy (non-hydrogen) atoms. The number of hydrogen-bond acceptors (Lipinski definition) is 7. The minimum Gasteiger partial charge on any atom is -0.490 e. The number of hydrogen-bond donors (Lipinski definition) is 1. The first-order valence-corrected chi connectivity index (χ1v) is 6.72. The van der Waals surface area contributed by atoms with Gasteiger partial charge in [0.25, 0.3) is 0 Å². The van der Waals surface area contributed by atoms with Crippen molar-refractivity contribution in [2.24, 2.45) is 0 Å². The summed E-state index contributed by atoms with van der Waals surface area (Å²) in [5.41, 5.74) is 0.497. The Morgan fingerprint density at radius 3 is 2.80 bits per heavy atom. The van der Waals surface area contributed by atoms with Crippen LogP contribution in [-0.2, 0) is 0 Å². The highest BCUT2D eigenvalue weighted by Crippen LogP contribution is 2.39. The molecule has 0 spiro atoms. The van der Waals surface area contributed by atoms with Gasteiger partial charge >= 0.3 is 5.69 Å². The summed E-state index contributed by atoms with van der Waals surface area (Å²) in [4.78, 5) is 10.5. The molecule has 2 aromatic rings. The molecule has 0 saturated heterocycles. The van der Waals surface area contributed by atoms with Gasteiger partial charge in [0.15, 0.2) is 5.01 Å². The highest BCUT2D eigenvalue weighted by atomic mass is 32.1. The maximum absolute atomic E-state index is 11.0. The topological polar surface area (TPSA) is 90.2 Å². The van der Waals surface area contributed by atoms with E-state index in [9.17, 15) is 10.1 Å². The number of methoxy groups -OCH3 is 1. The van der Waals surface area contributed by atoms with Crippen LogP contribution in [-0.4, -0.2) is 29.3 Å². The van der Waals surface area contributed by atoms with Crippen molar-refractivity contribution in [1.29, 1.82) is 0 Å². The van der Waals surface area contributed by atoms with Gasteiger partial charge in [-0.05, 0) is 20.0 Å². The van der Waals surface area contributed by atoms with Crippen LogP contribution in [0.15, 0.2) is 18.2 Å². The molecule has 2 rings (SSSR count). The van der Waals surface area contributed by atoms with Crippen molar-refractivity contribution in [2.75, 3.05) is 14.2 Å². The zero-order valence-electron chi connectivity index (χ0n) is 11.3. The average molecular weight is 294 g/mol. The van der Waals surface area contributed by atoms with E-state index in [0.29, 0.717) is 10.6 Å². The molecule has 0 aliphatic heterocycles. The number of nitrogens with one attached hydrogen (secondary N) is 1. The molecule has 8 heteroatoms. The van der Waals surface area contributed by atoms with Crippen molar-refractivity contribution < 1.29 is 9.66 Å². The molecule has 1 aromatic heterocycles. The highest BCUT2D eigenvalue weighted by molar-refractivity contribution is 7.14. The van der Waals surface area contributed by atoms with Crippen molar-refractivity contribution in [2.45, 2.75) is 13.0 Å². The van der Waals surface area contributed by atoms with E-state index in [-0.39, 0.29) is 17.5 Å². The normalized spacial score (nSPS) is 12.2. The highest BCUT2D eigenvalue weighted by Gasteiger charge is 2.22. The number of aromatic nitrogens is 2. The van der Waals surface area contributed by atoms with E-state index < -0.39 is 4.92 Å². The summed E-state index contributed by atoms with van der Waals surface area (Å²) in [7, 11) is 3.24. The number of para-hydroxylation sites is 1. The van der Waals surface area contributed by atoms with E-state index in [1.165, 1.54) is 24.5 Å². The summed E-state index contributed by atoms with van der Waals surface area (Å²) in [6.07, 6.45) is 0. The largest absolute Gasteiger partial charge is 0.490 e. The maximum Gasteiger partial charge on any atom is 0.311 e. The molecule has 0 fully saturated rings. The second-order valence-electron chi connectivity index (χ2n) is 4.07. The Kier molecular flexibility index (Phi) is 4.26. The molecular weight excluding hydrogens is 280 g/mol. The molecule has 1 atom stereocenters. The van der Waals surface area contributed by atoms with Crippen LogP contribution >= 0.6 is 11.3 Å². The third kappa shape index (κ3) is 2.61. The number of rotatable bonds is 5. The molecule has 0 radical (unpaired) electrons. The summed E-state index contributed by atoms with van der Waals surface area (Å²) in [6.45, 7) is 1.97. The summed E-state index contributed by atoms with van der Waals surface area (Å²) in [6, 6.07) is 4.82. The Balaban J connectivity index is 2.50. The van der Waals surface area contributed by atoms with Crippen LogP contribution in [0.4, 0.5) is 5.69 Å². The first-order chi connectivity index (χ1) is 9.58. The van der Waals surface area contributed by atoms with E-state index >= 15 is 0 Å². The third-order valence-corrected chi connectivity index (χ3v) is 4.01. The van der Waals surface area contributed by atoms with Gasteiger partial charge in [0.1, 0.15) is 5.01 Å². The molecule has 1 N–H and O–H groups in total. The molecule has 0 aliphatic carbocycles. The monoisotopic (exact) mass is 294 g/mol. The molecule has 0 saturated carbocycles. The lowest BCUT2D eigenvalue weighted by Crippen LogP contribution is -2.11. The number of nitrogens with zero attached hydrogens (tertiary/aromatic N) is 3. The smallest absolute Gasteiger partial charge is 0.311 e. The fraction of sp³-hybridized carbons (Fsp3) is 0.333. The van der Waals surface area contributed by atoms with Crippen molar-refractivity contribution in [1.82, 2.24) is 15.5 Å². The quantitative estimate of drug-likeness (QED) is 0.672. The third-order valence-electron chi connectivity index (χ3n) is 2.87. The Labute approximate surface area is 119 Å². The van der Waals surface area contributed by atoms with Gasteiger partial charge in [0.05, 0.1) is 23.6 Å². The summed E-state index contributed by atoms with van der Waals surface area (Å²) in [5, 5.41) is 23.7. The molecule has 0 amide bonds. The van der Waals surface area contributed by atoms with Crippen molar-refractivity contribution in [3.63, 3.8) is 0 Å². The number of nitro benzene ring substituents is 1. The van der Waals surface area contributed by atoms with Gasteiger partial charge in [-0.25, -0.2) is 0 Å². The predicted octanol–water partition coefficient (Wildman–Crippen LogP) is 2.40. The molecule has 1 heterocycles. The lowest BCUT2D eigenvalue weighted by atomic mass is 10.2. The van der Waals surface area contributed by atoms with Crippen LogP contribution in [0.5, 0.6) is 5.75 Å². The first-order valence-electron chi connectivity index (χ1n) is 5.91. The van der Waals surface area contributed by atoms with Gasteiger partial charge in [0, 0.05) is 6.07 Å². The molecule has 1 unspecified atom stereocenters. The van der Waals surface area contributed by atoms with Crippen LogP contribution < -0.4 is 10.1 Å². The summed E-state index contributed by atoms with van der Waals surface area (Å²) >= 11 is 1.38. The van der Waals surface area contributed by atoms with Crippen molar-refractivity contribution in [3.05, 3.63) is 33.3 Å². The van der Waals surface area contributed by atoms with Crippen molar-refractivity contribution >= 4 is 17.0 Å². The Hall–Kier alpha value is -2.06. The second-order valence-corrected chi connectivity index (χ2v) is 5.08. The molecule has 7 nitrogen and oxygen atoms in total. The molecule has 0 bridgehead atoms. The molecular formula is C12H14N4O3S. The Bertz CT molecular complexity index is 629. The zero-order chi connectivity index (χ0) is 14.7. The minimum atomic E-state index is -0.472. The van der Waals surface area contributed by atoms with Crippen LogP contribution in [0.25, 0.3) is 10.6 Å². The van der Waals surface area contributed by atoms with Gasteiger partial charge in [-0.1, -0.05) is 17.4 Å². The molecule has 1 aromatic carbocycles. The van der Waals surface area contributed by atoms with Gasteiger partial charge in [-0.3, -0.25) is 10.1 Å². The van der Waals surface area contributed by atoms with E-state index in [2.05, 4.69) is 15.5 Å². The standard InChI is InChI=1S/C12H14N4O3S/c1-7(13-2)11-14-15-12(20-11)8-5-4-6-9(16(17)18)10(8)19-3/h4-7,13H,1-3H3. The van der Waals surface area contributed by atoms with E-state index in [1.807, 2.05) is 14.0 Å². The summed E-state index contributed by atoms with van der Waals surface area (Å²) < 4.78 is 5.17. The number of ether oxygens (including phenoxy) is 1. The fourth-order valence-corrected chi connectivity index (χ4v) is 2.62. The zero-order valence-corrected chi connectivity index (χ0v) is 12.1. The Morgan fingerprint density at radius 1 is 1.45 bits per heavy atom. The van der Waals surface area contributed by atoms with Gasteiger partial charge in [0.2, 0.25) is 5.75 Å². The second kappa shape index (κ2) is 5.93. The van der Waals surface area contributed by atoms with Gasteiger partial charge in [-0.2, -0.15) is 0 Å². The maximum atomic E-state index is 11.0.